The quantitative estimate of drug-likeness (QED) is 0.842. The second kappa shape index (κ2) is 5.82. The first-order chi connectivity index (χ1) is 8.24. The van der Waals surface area contributed by atoms with Crippen LogP contribution in [0.4, 0.5) is 0 Å². The van der Waals surface area contributed by atoms with Crippen molar-refractivity contribution in [3.05, 3.63) is 22.4 Å². The number of thiophene rings is 1. The van der Waals surface area contributed by atoms with Gasteiger partial charge in [-0.05, 0) is 24.3 Å². The van der Waals surface area contributed by atoms with E-state index >= 15 is 0 Å². The largest absolute Gasteiger partial charge is 0.354 e. The van der Waals surface area contributed by atoms with Crippen LogP contribution in [0.25, 0.3) is 0 Å². The maximum atomic E-state index is 11.7. The molecule has 1 aromatic rings. The van der Waals surface area contributed by atoms with Crippen molar-refractivity contribution in [2.45, 2.75) is 31.7 Å². The maximum absolute atomic E-state index is 11.7. The van der Waals surface area contributed by atoms with Crippen LogP contribution in [0.3, 0.4) is 0 Å². The van der Waals surface area contributed by atoms with Crippen molar-refractivity contribution in [3.63, 3.8) is 0 Å². The fourth-order valence-corrected chi connectivity index (χ4v) is 2.56. The third-order valence-electron chi connectivity index (χ3n) is 2.81. The van der Waals surface area contributed by atoms with Crippen LogP contribution in [0.2, 0.25) is 0 Å². The molecule has 0 aliphatic carbocycles. The average Bonchev–Trinajstić information content (AvgIpc) is 2.83. The summed E-state index contributed by atoms with van der Waals surface area (Å²) in [5.74, 6) is 0.147. The minimum atomic E-state index is 0.0690. The zero-order valence-electron chi connectivity index (χ0n) is 9.57. The Morgan fingerprint density at radius 1 is 1.59 bits per heavy atom. The lowest BCUT2D eigenvalue weighted by molar-refractivity contribution is -0.125. The minimum Gasteiger partial charge on any atom is -0.354 e. The van der Waals surface area contributed by atoms with Crippen molar-refractivity contribution < 1.29 is 9.59 Å². The molecule has 0 aromatic carbocycles. The van der Waals surface area contributed by atoms with Gasteiger partial charge in [-0.2, -0.15) is 0 Å². The molecule has 0 bridgehead atoms. The van der Waals surface area contributed by atoms with E-state index in [2.05, 4.69) is 10.6 Å². The lowest BCUT2D eigenvalue weighted by Gasteiger charge is -2.23. The van der Waals surface area contributed by atoms with Gasteiger partial charge in [0.25, 0.3) is 0 Å². The number of carbonyl (C=O) groups excluding carboxylic acids is 2. The van der Waals surface area contributed by atoms with Gasteiger partial charge in [-0.25, -0.2) is 0 Å². The smallest absolute Gasteiger partial charge is 0.220 e. The molecule has 92 valence electrons. The molecule has 17 heavy (non-hydrogen) atoms. The SMILES string of the molecule is O=C1CCC(NC(=O)CCc2cccs2)CN1. The number of hydrogen-bond donors (Lipinski definition) is 2. The molecule has 4 nitrogen and oxygen atoms in total. The molecule has 5 heteroatoms. The molecule has 2 amide bonds. The number of amides is 2. The van der Waals surface area contributed by atoms with E-state index in [4.69, 9.17) is 0 Å². The number of aryl methyl sites for hydroxylation is 1. The van der Waals surface area contributed by atoms with Crippen LogP contribution in [-0.2, 0) is 16.0 Å². The molecular formula is C12H16N2O2S. The van der Waals surface area contributed by atoms with Gasteiger partial charge in [-0.1, -0.05) is 6.07 Å². The van der Waals surface area contributed by atoms with Crippen molar-refractivity contribution in [3.8, 4) is 0 Å². The summed E-state index contributed by atoms with van der Waals surface area (Å²) in [5, 5.41) is 7.73. The molecule has 2 N–H and O–H groups in total. The predicted molar refractivity (Wildman–Crippen MR) is 66.8 cm³/mol. The summed E-state index contributed by atoms with van der Waals surface area (Å²) in [5.41, 5.74) is 0. The van der Waals surface area contributed by atoms with Gasteiger partial charge in [0.1, 0.15) is 0 Å². The van der Waals surface area contributed by atoms with E-state index in [1.54, 1.807) is 11.3 Å². The Morgan fingerprint density at radius 3 is 3.12 bits per heavy atom. The van der Waals surface area contributed by atoms with E-state index in [1.165, 1.54) is 4.88 Å². The molecule has 0 saturated carbocycles. The highest BCUT2D eigenvalue weighted by molar-refractivity contribution is 7.09. The van der Waals surface area contributed by atoms with Crippen LogP contribution in [0.15, 0.2) is 17.5 Å². The zero-order chi connectivity index (χ0) is 12.1. The first kappa shape index (κ1) is 12.1. The lowest BCUT2D eigenvalue weighted by atomic mass is 10.1. The van der Waals surface area contributed by atoms with Crippen LogP contribution >= 0.6 is 11.3 Å². The van der Waals surface area contributed by atoms with Crippen LogP contribution in [-0.4, -0.2) is 24.4 Å². The Hall–Kier alpha value is -1.36. The van der Waals surface area contributed by atoms with Gasteiger partial charge in [-0.3, -0.25) is 9.59 Å². The number of carbonyl (C=O) groups is 2. The van der Waals surface area contributed by atoms with E-state index < -0.39 is 0 Å². The Bertz CT molecular complexity index is 379. The predicted octanol–water partition coefficient (Wildman–Crippen LogP) is 1.08. The molecule has 1 aliphatic heterocycles. The Labute approximate surface area is 104 Å². The summed E-state index contributed by atoms with van der Waals surface area (Å²) in [6, 6.07) is 4.14. The summed E-state index contributed by atoms with van der Waals surface area (Å²) in [6.07, 6.45) is 2.57. The third kappa shape index (κ3) is 3.85. The second-order valence-electron chi connectivity index (χ2n) is 4.19. The van der Waals surface area contributed by atoms with E-state index in [0.717, 1.165) is 12.8 Å². The average molecular weight is 252 g/mol. The number of hydrogen-bond acceptors (Lipinski definition) is 3. The highest BCUT2D eigenvalue weighted by Crippen LogP contribution is 2.11. The molecule has 0 spiro atoms. The van der Waals surface area contributed by atoms with Gasteiger partial charge in [0.2, 0.25) is 11.8 Å². The van der Waals surface area contributed by atoms with E-state index in [0.29, 0.717) is 19.4 Å². The van der Waals surface area contributed by atoms with Crippen LogP contribution in [0, 0.1) is 0 Å². The van der Waals surface area contributed by atoms with Gasteiger partial charge in [0.05, 0.1) is 0 Å². The van der Waals surface area contributed by atoms with Crippen molar-refractivity contribution in [1.82, 2.24) is 10.6 Å². The van der Waals surface area contributed by atoms with Gasteiger partial charge in [0.15, 0.2) is 0 Å². The number of piperidine rings is 1. The lowest BCUT2D eigenvalue weighted by Crippen LogP contribution is -2.47. The highest BCUT2D eigenvalue weighted by Gasteiger charge is 2.19. The van der Waals surface area contributed by atoms with Gasteiger partial charge >= 0.3 is 0 Å². The number of nitrogens with one attached hydrogen (secondary N) is 2. The molecule has 1 saturated heterocycles. The van der Waals surface area contributed by atoms with E-state index in [-0.39, 0.29) is 17.9 Å². The normalized spacial score (nSPS) is 19.8. The molecule has 1 aromatic heterocycles. The summed E-state index contributed by atoms with van der Waals surface area (Å²) in [6.45, 7) is 0.559. The summed E-state index contributed by atoms with van der Waals surface area (Å²) in [7, 11) is 0. The molecule has 1 unspecified atom stereocenters. The summed E-state index contributed by atoms with van der Waals surface area (Å²) >= 11 is 1.67. The zero-order valence-corrected chi connectivity index (χ0v) is 10.4. The van der Waals surface area contributed by atoms with Gasteiger partial charge < -0.3 is 10.6 Å². The molecule has 1 fully saturated rings. The maximum Gasteiger partial charge on any atom is 0.220 e. The minimum absolute atomic E-state index is 0.0690. The van der Waals surface area contributed by atoms with Crippen molar-refractivity contribution in [2.24, 2.45) is 0 Å². The number of rotatable bonds is 4. The van der Waals surface area contributed by atoms with Crippen LogP contribution in [0.1, 0.15) is 24.1 Å². The standard InChI is InChI=1S/C12H16N2O2S/c15-11-5-3-9(8-13-11)14-12(16)6-4-10-2-1-7-17-10/h1-2,7,9H,3-6,8H2,(H,13,15)(H,14,16). The first-order valence-electron chi connectivity index (χ1n) is 5.82. The molecular weight excluding hydrogens is 236 g/mol. The highest BCUT2D eigenvalue weighted by atomic mass is 32.1. The van der Waals surface area contributed by atoms with Gasteiger partial charge in [-0.15, -0.1) is 11.3 Å². The molecule has 2 rings (SSSR count). The Balaban J connectivity index is 1.68. The molecule has 2 heterocycles. The monoisotopic (exact) mass is 252 g/mol. The van der Waals surface area contributed by atoms with Crippen molar-refractivity contribution in [2.75, 3.05) is 6.54 Å². The van der Waals surface area contributed by atoms with Crippen molar-refractivity contribution >= 4 is 23.2 Å². The fraction of sp³-hybridized carbons (Fsp3) is 0.500. The molecule has 0 radical (unpaired) electrons. The third-order valence-corrected chi connectivity index (χ3v) is 3.75. The topological polar surface area (TPSA) is 58.2 Å². The summed E-state index contributed by atoms with van der Waals surface area (Å²) < 4.78 is 0. The Kier molecular flexibility index (Phi) is 4.14. The fourth-order valence-electron chi connectivity index (χ4n) is 1.85. The van der Waals surface area contributed by atoms with Gasteiger partial charge in [0, 0.05) is 30.3 Å². The molecule has 1 aliphatic rings. The Morgan fingerprint density at radius 2 is 2.47 bits per heavy atom. The van der Waals surface area contributed by atoms with E-state index in [9.17, 15) is 9.59 Å². The van der Waals surface area contributed by atoms with Crippen molar-refractivity contribution in [1.29, 1.82) is 0 Å². The van der Waals surface area contributed by atoms with Crippen LogP contribution < -0.4 is 10.6 Å². The second-order valence-corrected chi connectivity index (χ2v) is 5.22. The van der Waals surface area contributed by atoms with E-state index in [1.807, 2.05) is 17.5 Å². The summed E-state index contributed by atoms with van der Waals surface area (Å²) in [4.78, 5) is 23.9. The molecule has 1 atom stereocenters. The van der Waals surface area contributed by atoms with Crippen LogP contribution in [0.5, 0.6) is 0 Å². The first-order valence-corrected chi connectivity index (χ1v) is 6.70.